The number of rotatable bonds is 4. The molecule has 96 valence electrons. The molecule has 0 bridgehead atoms. The van der Waals surface area contributed by atoms with Crippen molar-refractivity contribution >= 4 is 11.9 Å². The Kier molecular flexibility index (Phi) is 3.27. The average Bonchev–Trinajstić information content (AvgIpc) is 3.14. The second-order valence-electron chi connectivity index (χ2n) is 4.32. The van der Waals surface area contributed by atoms with Crippen molar-refractivity contribution in [3.8, 4) is 0 Å². The number of hydrogen-bond donors (Lipinski definition) is 1. The molecule has 1 aromatic rings. The molecule has 1 heterocycles. The fourth-order valence-electron chi connectivity index (χ4n) is 1.76. The van der Waals surface area contributed by atoms with Gasteiger partial charge in [-0.05, 0) is 31.9 Å². The first-order valence-corrected chi connectivity index (χ1v) is 5.67. The second kappa shape index (κ2) is 4.72. The van der Waals surface area contributed by atoms with Crippen LogP contribution in [0.4, 0.5) is 4.39 Å². The van der Waals surface area contributed by atoms with E-state index in [0.29, 0.717) is 0 Å². The Hall–Kier alpha value is -1.98. The van der Waals surface area contributed by atoms with Gasteiger partial charge in [0.05, 0.1) is 6.20 Å². The van der Waals surface area contributed by atoms with Gasteiger partial charge in [-0.1, -0.05) is 0 Å². The van der Waals surface area contributed by atoms with Crippen LogP contribution >= 0.6 is 0 Å². The van der Waals surface area contributed by atoms with Crippen molar-refractivity contribution in [2.45, 2.75) is 31.8 Å². The summed E-state index contributed by atoms with van der Waals surface area (Å²) in [7, 11) is 0. The molecule has 5 nitrogen and oxygen atoms in total. The predicted molar refractivity (Wildman–Crippen MR) is 60.5 cm³/mol. The van der Waals surface area contributed by atoms with E-state index < -0.39 is 23.7 Å². The Bertz CT molecular complexity index is 471. The van der Waals surface area contributed by atoms with Crippen molar-refractivity contribution in [3.63, 3.8) is 0 Å². The molecule has 1 amide bonds. The molecule has 0 spiro atoms. The zero-order valence-electron chi connectivity index (χ0n) is 9.84. The molecule has 1 fully saturated rings. The molecular formula is C12H13FN2O3. The third kappa shape index (κ3) is 2.47. The van der Waals surface area contributed by atoms with Crippen molar-refractivity contribution in [1.82, 2.24) is 9.88 Å². The molecule has 1 unspecified atom stereocenters. The van der Waals surface area contributed by atoms with E-state index in [1.165, 1.54) is 17.9 Å². The minimum atomic E-state index is -1.06. The monoisotopic (exact) mass is 252 g/mol. The molecular weight excluding hydrogens is 239 g/mol. The van der Waals surface area contributed by atoms with E-state index in [9.17, 15) is 14.0 Å². The topological polar surface area (TPSA) is 70.5 Å². The van der Waals surface area contributed by atoms with Crippen LogP contribution < -0.4 is 0 Å². The molecule has 1 N–H and O–H groups in total. The van der Waals surface area contributed by atoms with Gasteiger partial charge >= 0.3 is 5.97 Å². The van der Waals surface area contributed by atoms with Crippen LogP contribution in [0, 0.1) is 5.82 Å². The summed E-state index contributed by atoms with van der Waals surface area (Å²) < 4.78 is 12.7. The Labute approximate surface area is 103 Å². The van der Waals surface area contributed by atoms with Crippen molar-refractivity contribution in [3.05, 3.63) is 29.8 Å². The van der Waals surface area contributed by atoms with Crippen LogP contribution in [0.2, 0.25) is 0 Å². The summed E-state index contributed by atoms with van der Waals surface area (Å²) in [6, 6.07) is 1.45. The van der Waals surface area contributed by atoms with Gasteiger partial charge < -0.3 is 10.0 Å². The minimum Gasteiger partial charge on any atom is -0.480 e. The summed E-state index contributed by atoms with van der Waals surface area (Å²) in [5, 5.41) is 8.99. The maximum Gasteiger partial charge on any atom is 0.326 e. The second-order valence-corrected chi connectivity index (χ2v) is 4.32. The number of carbonyl (C=O) groups is 2. The van der Waals surface area contributed by atoms with Gasteiger partial charge in [-0.2, -0.15) is 0 Å². The van der Waals surface area contributed by atoms with Gasteiger partial charge in [0.25, 0.3) is 5.91 Å². The van der Waals surface area contributed by atoms with Gasteiger partial charge in [-0.25, -0.2) is 14.2 Å². The van der Waals surface area contributed by atoms with Crippen LogP contribution in [0.15, 0.2) is 18.3 Å². The molecule has 2 rings (SSSR count). The van der Waals surface area contributed by atoms with E-state index in [1.807, 2.05) is 0 Å². The van der Waals surface area contributed by atoms with Crippen LogP contribution in [0.1, 0.15) is 30.3 Å². The van der Waals surface area contributed by atoms with E-state index >= 15 is 0 Å². The highest BCUT2D eigenvalue weighted by Gasteiger charge is 2.39. The van der Waals surface area contributed by atoms with Crippen molar-refractivity contribution in [2.75, 3.05) is 0 Å². The Morgan fingerprint density at radius 3 is 2.61 bits per heavy atom. The van der Waals surface area contributed by atoms with Gasteiger partial charge in [0.15, 0.2) is 0 Å². The van der Waals surface area contributed by atoms with E-state index in [-0.39, 0.29) is 11.7 Å². The van der Waals surface area contributed by atoms with E-state index in [0.717, 1.165) is 25.1 Å². The van der Waals surface area contributed by atoms with Crippen LogP contribution in [-0.2, 0) is 4.79 Å². The number of carboxylic acids is 1. The molecule has 0 radical (unpaired) electrons. The zero-order valence-corrected chi connectivity index (χ0v) is 9.84. The van der Waals surface area contributed by atoms with Gasteiger partial charge in [-0.3, -0.25) is 4.79 Å². The maximum absolute atomic E-state index is 12.7. The van der Waals surface area contributed by atoms with Gasteiger partial charge in [-0.15, -0.1) is 0 Å². The molecule has 1 aromatic heterocycles. The van der Waals surface area contributed by atoms with Crippen LogP contribution in [-0.4, -0.2) is 39.0 Å². The lowest BCUT2D eigenvalue weighted by atomic mass is 10.2. The molecule has 1 atom stereocenters. The number of aromatic nitrogens is 1. The summed E-state index contributed by atoms with van der Waals surface area (Å²) in [6.07, 6.45) is 2.54. The van der Waals surface area contributed by atoms with Gasteiger partial charge in [0, 0.05) is 6.04 Å². The first kappa shape index (κ1) is 12.5. The molecule has 1 aliphatic carbocycles. The predicted octanol–water partition coefficient (Wildman–Crippen LogP) is 1.30. The van der Waals surface area contributed by atoms with E-state index in [2.05, 4.69) is 4.98 Å². The van der Waals surface area contributed by atoms with Crippen molar-refractivity contribution in [1.29, 1.82) is 0 Å². The van der Waals surface area contributed by atoms with E-state index in [1.54, 1.807) is 0 Å². The number of hydrogen-bond acceptors (Lipinski definition) is 3. The van der Waals surface area contributed by atoms with E-state index in [4.69, 9.17) is 5.11 Å². The normalized spacial score (nSPS) is 16.1. The molecule has 0 saturated heterocycles. The summed E-state index contributed by atoms with van der Waals surface area (Å²) in [5.74, 6) is -2.06. The Morgan fingerprint density at radius 1 is 1.50 bits per heavy atom. The molecule has 1 saturated carbocycles. The van der Waals surface area contributed by atoms with Gasteiger partial charge in [0.2, 0.25) is 0 Å². The Morgan fingerprint density at radius 2 is 2.17 bits per heavy atom. The lowest BCUT2D eigenvalue weighted by Gasteiger charge is -2.25. The average molecular weight is 252 g/mol. The minimum absolute atomic E-state index is 0.0459. The number of nitrogens with zero attached hydrogens (tertiary/aromatic N) is 2. The highest BCUT2D eigenvalue weighted by atomic mass is 19.1. The number of carbonyl (C=O) groups excluding carboxylic acids is 1. The summed E-state index contributed by atoms with van der Waals surface area (Å²) in [6.45, 7) is 1.46. The first-order chi connectivity index (χ1) is 8.50. The largest absolute Gasteiger partial charge is 0.480 e. The summed E-state index contributed by atoms with van der Waals surface area (Å²) in [4.78, 5) is 28.1. The maximum atomic E-state index is 12.7. The number of pyridine rings is 1. The van der Waals surface area contributed by atoms with Crippen LogP contribution in [0.3, 0.4) is 0 Å². The van der Waals surface area contributed by atoms with Crippen molar-refractivity contribution < 1.29 is 19.1 Å². The fraction of sp³-hybridized carbons (Fsp3) is 0.417. The smallest absolute Gasteiger partial charge is 0.326 e. The highest BCUT2D eigenvalue weighted by Crippen LogP contribution is 2.30. The first-order valence-electron chi connectivity index (χ1n) is 5.67. The Balaban J connectivity index is 2.23. The standard InChI is InChI=1S/C12H13FN2O3/c1-7(12(17)18)15(9-3-4-9)11(16)10-5-2-8(13)6-14-10/h2,5-7,9H,3-4H2,1H3,(H,17,18). The lowest BCUT2D eigenvalue weighted by Crippen LogP contribution is -2.45. The third-order valence-electron chi connectivity index (χ3n) is 2.90. The molecule has 0 aliphatic heterocycles. The fourth-order valence-corrected chi connectivity index (χ4v) is 1.76. The SMILES string of the molecule is CC(C(=O)O)N(C(=O)c1ccc(F)cn1)C1CC1. The third-order valence-corrected chi connectivity index (χ3v) is 2.90. The molecule has 1 aliphatic rings. The number of aliphatic carboxylic acids is 1. The number of carboxylic acid groups (broad SMARTS) is 1. The zero-order chi connectivity index (χ0) is 13.3. The summed E-state index contributed by atoms with van der Waals surface area (Å²) in [5.41, 5.74) is 0.0661. The van der Waals surface area contributed by atoms with Crippen molar-refractivity contribution in [2.24, 2.45) is 0 Å². The van der Waals surface area contributed by atoms with Gasteiger partial charge in [0.1, 0.15) is 17.6 Å². The lowest BCUT2D eigenvalue weighted by molar-refractivity contribution is -0.141. The molecule has 0 aromatic carbocycles. The number of halogens is 1. The van der Waals surface area contributed by atoms with Crippen LogP contribution in [0.5, 0.6) is 0 Å². The summed E-state index contributed by atoms with van der Waals surface area (Å²) >= 11 is 0. The van der Waals surface area contributed by atoms with Crippen LogP contribution in [0.25, 0.3) is 0 Å². The molecule has 18 heavy (non-hydrogen) atoms. The number of amides is 1. The highest BCUT2D eigenvalue weighted by molar-refractivity contribution is 5.95. The quantitative estimate of drug-likeness (QED) is 0.876. The molecule has 6 heteroatoms.